The Morgan fingerprint density at radius 3 is 2.33 bits per heavy atom. The van der Waals surface area contributed by atoms with E-state index in [4.69, 9.17) is 17.3 Å². The number of rotatable bonds is 2. The summed E-state index contributed by atoms with van der Waals surface area (Å²) in [6.07, 6.45) is 0.976. The van der Waals surface area contributed by atoms with E-state index in [9.17, 15) is 0 Å². The summed E-state index contributed by atoms with van der Waals surface area (Å²) in [5.41, 5.74) is 5.34. The Balaban J connectivity index is 2.75. The van der Waals surface area contributed by atoms with Crippen LogP contribution >= 0.6 is 11.6 Å². The van der Waals surface area contributed by atoms with Crippen LogP contribution in [0.3, 0.4) is 0 Å². The minimum Gasteiger partial charge on any atom is -0.327 e. The van der Waals surface area contributed by atoms with Gasteiger partial charge in [-0.2, -0.15) is 0 Å². The second-order valence-electron chi connectivity index (χ2n) is 1.32. The summed E-state index contributed by atoms with van der Waals surface area (Å²) in [7, 11) is 0. The first-order chi connectivity index (χ1) is 2.81. The van der Waals surface area contributed by atoms with Gasteiger partial charge in [0.25, 0.3) is 0 Å². The third-order valence-corrected chi connectivity index (χ3v) is 1.12. The second-order valence-corrected chi connectivity index (χ2v) is 1.63. The molecule has 0 bridgehead atoms. The van der Waals surface area contributed by atoms with Gasteiger partial charge in [0.2, 0.25) is 0 Å². The Morgan fingerprint density at radius 2 is 2.33 bits per heavy atom. The smallest absolute Gasteiger partial charge is 0.0375 e. The van der Waals surface area contributed by atoms with Crippen molar-refractivity contribution in [1.29, 1.82) is 0 Å². The van der Waals surface area contributed by atoms with Crippen LogP contribution in [0.5, 0.6) is 0 Å². The maximum absolute atomic E-state index is 5.34. The number of alkyl halides is 1. The molecule has 1 atom stereocenters. The quantitative estimate of drug-likeness (QED) is 0.523. The average molecular weight is 108 g/mol. The molecule has 0 aromatic heterocycles. The molecule has 0 saturated heterocycles. The molecule has 0 aromatic rings. The monoisotopic (exact) mass is 107 g/mol. The molecule has 0 aliphatic carbocycles. The van der Waals surface area contributed by atoms with Crippen molar-refractivity contribution in [2.24, 2.45) is 5.73 Å². The number of nitrogens with two attached hydrogens (primary N) is 1. The van der Waals surface area contributed by atoms with Gasteiger partial charge in [-0.05, 0) is 6.42 Å². The van der Waals surface area contributed by atoms with E-state index in [-0.39, 0.29) is 6.04 Å². The normalized spacial score (nSPS) is 14.5. The number of halogens is 1. The fourth-order valence-electron chi connectivity index (χ4n) is 0.109. The van der Waals surface area contributed by atoms with E-state index in [0.29, 0.717) is 5.88 Å². The van der Waals surface area contributed by atoms with Crippen molar-refractivity contribution >= 4 is 11.6 Å². The molecule has 0 saturated carbocycles. The molecule has 2 heteroatoms. The van der Waals surface area contributed by atoms with E-state index in [1.807, 2.05) is 6.92 Å². The van der Waals surface area contributed by atoms with Gasteiger partial charge in [-0.1, -0.05) is 6.92 Å². The molecule has 1 nitrogen and oxygen atoms in total. The van der Waals surface area contributed by atoms with E-state index in [1.165, 1.54) is 0 Å². The van der Waals surface area contributed by atoms with Crippen molar-refractivity contribution < 1.29 is 0 Å². The van der Waals surface area contributed by atoms with Crippen molar-refractivity contribution in [3.05, 3.63) is 0 Å². The standard InChI is InChI=1S/C4H10ClN/c1-2-4(6)3-5/h4H,2-3,6H2,1H3/t4-/m0/s1. The van der Waals surface area contributed by atoms with E-state index < -0.39 is 0 Å². The first kappa shape index (κ1) is 6.25. The van der Waals surface area contributed by atoms with Gasteiger partial charge in [0.15, 0.2) is 0 Å². The lowest BCUT2D eigenvalue weighted by molar-refractivity contribution is 0.721. The van der Waals surface area contributed by atoms with Gasteiger partial charge in [-0.25, -0.2) is 0 Å². The third-order valence-electron chi connectivity index (χ3n) is 0.723. The first-order valence-corrected chi connectivity index (χ1v) is 2.66. The molecule has 0 unspecified atom stereocenters. The lowest BCUT2D eigenvalue weighted by Crippen LogP contribution is -2.19. The summed E-state index contributed by atoms with van der Waals surface area (Å²) in [4.78, 5) is 0. The van der Waals surface area contributed by atoms with E-state index >= 15 is 0 Å². The van der Waals surface area contributed by atoms with Gasteiger partial charge in [-0.15, -0.1) is 11.6 Å². The maximum atomic E-state index is 5.34. The highest BCUT2D eigenvalue weighted by Gasteiger charge is 1.90. The molecule has 38 valence electrons. The van der Waals surface area contributed by atoms with Crippen LogP contribution in [0.1, 0.15) is 13.3 Å². The summed E-state index contributed by atoms with van der Waals surface area (Å²) >= 11 is 5.33. The van der Waals surface area contributed by atoms with Crippen molar-refractivity contribution in [3.63, 3.8) is 0 Å². The van der Waals surface area contributed by atoms with E-state index in [1.54, 1.807) is 0 Å². The van der Waals surface area contributed by atoms with Crippen LogP contribution in [-0.4, -0.2) is 11.9 Å². The lowest BCUT2D eigenvalue weighted by Gasteiger charge is -1.97. The van der Waals surface area contributed by atoms with Gasteiger partial charge in [-0.3, -0.25) is 0 Å². The van der Waals surface area contributed by atoms with Crippen LogP contribution in [0.2, 0.25) is 0 Å². The van der Waals surface area contributed by atoms with Crippen LogP contribution in [0.15, 0.2) is 0 Å². The van der Waals surface area contributed by atoms with E-state index in [2.05, 4.69) is 0 Å². The molecule has 0 aromatic carbocycles. The second kappa shape index (κ2) is 3.44. The SMILES string of the molecule is CC[C@H](N)CCl. The molecule has 0 amide bonds. The van der Waals surface area contributed by atoms with Crippen molar-refractivity contribution in [2.45, 2.75) is 19.4 Å². The minimum atomic E-state index is 0.201. The zero-order chi connectivity index (χ0) is 4.99. The first-order valence-electron chi connectivity index (χ1n) is 2.12. The molecule has 0 rings (SSSR count). The van der Waals surface area contributed by atoms with Gasteiger partial charge in [0.05, 0.1) is 0 Å². The van der Waals surface area contributed by atoms with Crippen molar-refractivity contribution in [1.82, 2.24) is 0 Å². The van der Waals surface area contributed by atoms with Crippen LogP contribution in [-0.2, 0) is 0 Å². The van der Waals surface area contributed by atoms with Crippen LogP contribution in [0.4, 0.5) is 0 Å². The zero-order valence-corrected chi connectivity index (χ0v) is 4.70. The largest absolute Gasteiger partial charge is 0.327 e. The molecule has 0 fully saturated rings. The average Bonchev–Trinajstić information content (AvgIpc) is 1.65. The maximum Gasteiger partial charge on any atom is 0.0375 e. The molecule has 2 N–H and O–H groups in total. The molecule has 0 aliphatic rings. The Kier molecular flexibility index (Phi) is 3.58. The van der Waals surface area contributed by atoms with E-state index in [0.717, 1.165) is 6.42 Å². The summed E-state index contributed by atoms with van der Waals surface area (Å²) in [5.74, 6) is 0.580. The van der Waals surface area contributed by atoms with Crippen LogP contribution < -0.4 is 5.73 Å². The summed E-state index contributed by atoms with van der Waals surface area (Å²) in [6, 6.07) is 0.201. The molecule has 0 radical (unpaired) electrons. The Labute approximate surface area is 43.5 Å². The third kappa shape index (κ3) is 2.49. The predicted octanol–water partition coefficient (Wildman–Crippen LogP) is 0.962. The summed E-state index contributed by atoms with van der Waals surface area (Å²) < 4.78 is 0. The Morgan fingerprint density at radius 1 is 1.83 bits per heavy atom. The van der Waals surface area contributed by atoms with Gasteiger partial charge < -0.3 is 5.73 Å². The molecule has 6 heavy (non-hydrogen) atoms. The molecule has 0 spiro atoms. The highest BCUT2D eigenvalue weighted by molar-refractivity contribution is 6.18. The fourth-order valence-corrected chi connectivity index (χ4v) is 0.327. The molecular weight excluding hydrogens is 97.5 g/mol. The predicted molar refractivity (Wildman–Crippen MR) is 29.0 cm³/mol. The highest BCUT2D eigenvalue weighted by atomic mass is 35.5. The Bertz CT molecular complexity index is 26.7. The highest BCUT2D eigenvalue weighted by Crippen LogP contribution is 1.86. The summed E-state index contributed by atoms with van der Waals surface area (Å²) in [5, 5.41) is 0. The molecular formula is C4H10ClN. The van der Waals surface area contributed by atoms with Crippen LogP contribution in [0, 0.1) is 0 Å². The minimum absolute atomic E-state index is 0.201. The molecule has 0 aliphatic heterocycles. The van der Waals surface area contributed by atoms with Gasteiger partial charge in [0.1, 0.15) is 0 Å². The Hall–Kier alpha value is 0.250. The van der Waals surface area contributed by atoms with Crippen LogP contribution in [0.25, 0.3) is 0 Å². The topological polar surface area (TPSA) is 26.0 Å². The zero-order valence-electron chi connectivity index (χ0n) is 3.95. The summed E-state index contributed by atoms with van der Waals surface area (Å²) in [6.45, 7) is 2.02. The van der Waals surface area contributed by atoms with Gasteiger partial charge in [0, 0.05) is 11.9 Å². The van der Waals surface area contributed by atoms with Gasteiger partial charge >= 0.3 is 0 Å². The lowest BCUT2D eigenvalue weighted by atomic mass is 10.3. The fraction of sp³-hybridized carbons (Fsp3) is 1.00. The van der Waals surface area contributed by atoms with Crippen molar-refractivity contribution in [3.8, 4) is 0 Å². The van der Waals surface area contributed by atoms with Crippen molar-refractivity contribution in [2.75, 3.05) is 5.88 Å². The number of hydrogen-bond donors (Lipinski definition) is 1. The molecule has 0 heterocycles. The number of hydrogen-bond acceptors (Lipinski definition) is 1.